The number of pyridine rings is 1. The standard InChI is InChI=1S/C23H28N6O5S/c1-4-13-5-20(30)28-18(13)10-33-23-15-7-19(34-12(2)3)16(22(24)31)6-14(15)17(8-26-23)29-35(32)21-9-25-11-27-21/h6-9,11-13,18,29H,4-5,10H2,1-3H3,(H2,24,31)(H,25,27)(H,28,30). The molecular formula is C23H28N6O5S. The summed E-state index contributed by atoms with van der Waals surface area (Å²) in [5.41, 5.74) is 6.21. The summed E-state index contributed by atoms with van der Waals surface area (Å²) in [6, 6.07) is 3.08. The Morgan fingerprint density at radius 3 is 2.77 bits per heavy atom. The highest BCUT2D eigenvalue weighted by molar-refractivity contribution is 7.86. The molecule has 12 heteroatoms. The molecule has 5 N–H and O–H groups in total. The number of rotatable bonds is 10. The number of hydrogen-bond donors (Lipinski definition) is 4. The summed E-state index contributed by atoms with van der Waals surface area (Å²) in [6.45, 7) is 5.94. The number of carbonyl (C=O) groups excluding carboxylic acids is 2. The third-order valence-electron chi connectivity index (χ3n) is 5.74. The van der Waals surface area contributed by atoms with Crippen LogP contribution in [0.25, 0.3) is 10.8 Å². The molecule has 2 aromatic heterocycles. The number of carbonyl (C=O) groups is 2. The average molecular weight is 501 g/mol. The smallest absolute Gasteiger partial charge is 0.252 e. The van der Waals surface area contributed by atoms with Gasteiger partial charge in [-0.3, -0.25) is 14.3 Å². The van der Waals surface area contributed by atoms with Gasteiger partial charge in [-0.1, -0.05) is 13.3 Å². The molecule has 1 aliphatic heterocycles. The Balaban J connectivity index is 1.75. The normalized spacial score (nSPS) is 18.5. The van der Waals surface area contributed by atoms with Gasteiger partial charge in [-0.25, -0.2) is 14.2 Å². The van der Waals surface area contributed by atoms with E-state index in [0.717, 1.165) is 6.42 Å². The largest absolute Gasteiger partial charge is 0.490 e. The van der Waals surface area contributed by atoms with Crippen molar-refractivity contribution in [1.82, 2.24) is 20.3 Å². The minimum Gasteiger partial charge on any atom is -0.490 e. The zero-order valence-corrected chi connectivity index (χ0v) is 20.5. The van der Waals surface area contributed by atoms with Gasteiger partial charge in [0.1, 0.15) is 17.4 Å². The summed E-state index contributed by atoms with van der Waals surface area (Å²) in [4.78, 5) is 35.2. The second kappa shape index (κ2) is 10.3. The van der Waals surface area contributed by atoms with Gasteiger partial charge in [-0.2, -0.15) is 0 Å². The Morgan fingerprint density at radius 2 is 2.11 bits per heavy atom. The Hall–Kier alpha value is -3.67. The van der Waals surface area contributed by atoms with Crippen LogP contribution in [-0.2, 0) is 15.8 Å². The lowest BCUT2D eigenvalue weighted by Gasteiger charge is -2.20. The lowest BCUT2D eigenvalue weighted by molar-refractivity contribution is -0.119. The maximum absolute atomic E-state index is 12.7. The summed E-state index contributed by atoms with van der Waals surface area (Å²) < 4.78 is 27.5. The predicted octanol–water partition coefficient (Wildman–Crippen LogP) is 2.27. The summed E-state index contributed by atoms with van der Waals surface area (Å²) in [7, 11) is -1.66. The third kappa shape index (κ3) is 5.37. The first-order valence-electron chi connectivity index (χ1n) is 11.3. The Labute approximate surface area is 204 Å². The highest BCUT2D eigenvalue weighted by Crippen LogP contribution is 2.36. The van der Waals surface area contributed by atoms with E-state index in [1.807, 2.05) is 20.8 Å². The number of fused-ring (bicyclic) bond motifs is 1. The van der Waals surface area contributed by atoms with Crippen LogP contribution >= 0.6 is 0 Å². The van der Waals surface area contributed by atoms with Crippen LogP contribution in [-0.4, -0.2) is 49.7 Å². The van der Waals surface area contributed by atoms with Gasteiger partial charge >= 0.3 is 0 Å². The molecule has 0 aliphatic carbocycles. The van der Waals surface area contributed by atoms with Gasteiger partial charge in [0, 0.05) is 17.2 Å². The molecule has 186 valence electrons. The summed E-state index contributed by atoms with van der Waals surface area (Å²) >= 11 is 0. The van der Waals surface area contributed by atoms with Crippen LogP contribution in [0.15, 0.2) is 35.9 Å². The first kappa shape index (κ1) is 24.5. The third-order valence-corrected chi connectivity index (χ3v) is 6.77. The number of hydrogen-bond acceptors (Lipinski definition) is 7. The van der Waals surface area contributed by atoms with Gasteiger partial charge in [0.05, 0.1) is 42.1 Å². The van der Waals surface area contributed by atoms with Crippen LogP contribution in [0.1, 0.15) is 44.0 Å². The molecule has 11 nitrogen and oxygen atoms in total. The van der Waals surface area contributed by atoms with Crippen LogP contribution in [0.2, 0.25) is 0 Å². The molecule has 1 aromatic carbocycles. The molecule has 0 spiro atoms. The lowest BCUT2D eigenvalue weighted by atomic mass is 9.98. The van der Waals surface area contributed by atoms with Crippen LogP contribution < -0.4 is 25.2 Å². The molecule has 1 fully saturated rings. The minimum atomic E-state index is -1.66. The average Bonchev–Trinajstić information content (AvgIpc) is 3.47. The fraction of sp³-hybridized carbons (Fsp3) is 0.391. The van der Waals surface area contributed by atoms with E-state index in [1.165, 1.54) is 18.7 Å². The van der Waals surface area contributed by atoms with E-state index < -0.39 is 16.9 Å². The number of benzene rings is 1. The van der Waals surface area contributed by atoms with E-state index in [1.54, 1.807) is 12.1 Å². The van der Waals surface area contributed by atoms with E-state index in [4.69, 9.17) is 15.2 Å². The van der Waals surface area contributed by atoms with Crippen molar-refractivity contribution in [2.45, 2.75) is 50.8 Å². The van der Waals surface area contributed by atoms with Crippen molar-refractivity contribution in [3.8, 4) is 11.6 Å². The molecule has 3 aromatic rings. The zero-order chi connectivity index (χ0) is 25.1. The minimum absolute atomic E-state index is 0.00261. The number of aromatic amines is 1. The number of nitrogens with one attached hydrogen (secondary N) is 3. The quantitative estimate of drug-likeness (QED) is 0.332. The van der Waals surface area contributed by atoms with Crippen molar-refractivity contribution in [3.05, 3.63) is 36.4 Å². The van der Waals surface area contributed by atoms with Crippen molar-refractivity contribution in [3.63, 3.8) is 0 Å². The maximum Gasteiger partial charge on any atom is 0.252 e. The van der Waals surface area contributed by atoms with E-state index in [0.29, 0.717) is 39.5 Å². The predicted molar refractivity (Wildman–Crippen MR) is 130 cm³/mol. The molecule has 0 bridgehead atoms. The van der Waals surface area contributed by atoms with Crippen molar-refractivity contribution in [1.29, 1.82) is 0 Å². The molecule has 0 saturated carbocycles. The topological polar surface area (TPSA) is 161 Å². The van der Waals surface area contributed by atoms with E-state index in [2.05, 4.69) is 25.0 Å². The molecule has 1 aliphatic rings. The Kier molecular flexibility index (Phi) is 7.20. The molecule has 2 amide bonds. The molecule has 3 atom stereocenters. The number of amides is 2. The first-order valence-corrected chi connectivity index (χ1v) is 12.4. The van der Waals surface area contributed by atoms with E-state index >= 15 is 0 Å². The maximum atomic E-state index is 12.7. The zero-order valence-electron chi connectivity index (χ0n) is 19.7. The molecule has 1 saturated heterocycles. The molecular weight excluding hydrogens is 472 g/mol. The van der Waals surface area contributed by atoms with Gasteiger partial charge in [-0.05, 0) is 31.9 Å². The molecule has 0 radical (unpaired) electrons. The summed E-state index contributed by atoms with van der Waals surface area (Å²) in [5, 5.41) is 4.38. The highest BCUT2D eigenvalue weighted by atomic mass is 32.2. The second-order valence-electron chi connectivity index (χ2n) is 8.55. The SMILES string of the molecule is CCC1CC(=O)NC1COc1ncc(NS(=O)c2cnc[nH]2)c2cc(C(N)=O)c(OC(C)C)cc12. The van der Waals surface area contributed by atoms with Crippen LogP contribution in [0.3, 0.4) is 0 Å². The van der Waals surface area contributed by atoms with Crippen molar-refractivity contribution in [2.24, 2.45) is 11.7 Å². The van der Waals surface area contributed by atoms with Crippen LogP contribution in [0.5, 0.6) is 11.6 Å². The molecule has 3 heterocycles. The fourth-order valence-electron chi connectivity index (χ4n) is 4.02. The lowest BCUT2D eigenvalue weighted by Crippen LogP contribution is -2.34. The summed E-state index contributed by atoms with van der Waals surface area (Å²) in [6.07, 6.45) is 5.45. The van der Waals surface area contributed by atoms with E-state index in [-0.39, 0.29) is 36.1 Å². The monoisotopic (exact) mass is 500 g/mol. The van der Waals surface area contributed by atoms with Crippen molar-refractivity contribution in [2.75, 3.05) is 11.3 Å². The summed E-state index contributed by atoms with van der Waals surface area (Å²) in [5.74, 6) is 0.0928. The molecule has 3 unspecified atom stereocenters. The van der Waals surface area contributed by atoms with Gasteiger partial charge in [0.15, 0.2) is 11.0 Å². The van der Waals surface area contributed by atoms with Gasteiger partial charge in [-0.15, -0.1) is 0 Å². The van der Waals surface area contributed by atoms with Crippen molar-refractivity contribution < 1.29 is 23.3 Å². The van der Waals surface area contributed by atoms with Crippen LogP contribution in [0, 0.1) is 5.92 Å². The highest BCUT2D eigenvalue weighted by Gasteiger charge is 2.31. The van der Waals surface area contributed by atoms with Gasteiger partial charge < -0.3 is 25.5 Å². The van der Waals surface area contributed by atoms with Gasteiger partial charge in [0.2, 0.25) is 11.8 Å². The number of imidazole rings is 1. The molecule has 4 rings (SSSR count). The van der Waals surface area contributed by atoms with Crippen molar-refractivity contribution >= 4 is 39.3 Å². The number of nitrogens with two attached hydrogens (primary N) is 1. The molecule has 35 heavy (non-hydrogen) atoms. The number of H-pyrrole nitrogens is 1. The van der Waals surface area contributed by atoms with Crippen LogP contribution in [0.4, 0.5) is 5.69 Å². The second-order valence-corrected chi connectivity index (χ2v) is 9.73. The Morgan fingerprint density at radius 1 is 1.31 bits per heavy atom. The number of aromatic nitrogens is 3. The first-order chi connectivity index (χ1) is 16.8. The number of anilines is 1. The number of primary amides is 1. The van der Waals surface area contributed by atoms with Gasteiger partial charge in [0.25, 0.3) is 5.91 Å². The number of nitrogens with zero attached hydrogens (tertiary/aromatic N) is 2. The fourth-order valence-corrected chi connectivity index (χ4v) is 4.81. The number of ether oxygens (including phenoxy) is 2. The Bertz CT molecular complexity index is 1260. The van der Waals surface area contributed by atoms with E-state index in [9.17, 15) is 13.8 Å².